The van der Waals surface area contributed by atoms with Crippen LogP contribution >= 0.6 is 15.2 Å². The van der Waals surface area contributed by atoms with Crippen LogP contribution in [0.5, 0.6) is 11.5 Å². The molecule has 0 amide bonds. The Morgan fingerprint density at radius 2 is 1.43 bits per heavy atom. The summed E-state index contributed by atoms with van der Waals surface area (Å²) in [6.45, 7) is 9.16. The van der Waals surface area contributed by atoms with Crippen molar-refractivity contribution in [3.8, 4) is 11.5 Å². The van der Waals surface area contributed by atoms with E-state index in [2.05, 4.69) is 0 Å². The second kappa shape index (κ2) is 11.3. The lowest BCUT2D eigenvalue weighted by molar-refractivity contribution is 0.203. The molecule has 0 aliphatic heterocycles. The van der Waals surface area contributed by atoms with E-state index in [1.54, 1.807) is 46.8 Å². The van der Waals surface area contributed by atoms with E-state index in [0.717, 1.165) is 0 Å². The highest BCUT2D eigenvalue weighted by Gasteiger charge is 2.43. The van der Waals surface area contributed by atoms with E-state index in [9.17, 15) is 14.2 Å². The van der Waals surface area contributed by atoms with Crippen LogP contribution in [0.2, 0.25) is 0 Å². The van der Waals surface area contributed by atoms with Gasteiger partial charge in [0.05, 0.1) is 45.4 Å². The first-order chi connectivity index (χ1) is 13.2. The van der Waals surface area contributed by atoms with Crippen LogP contribution < -0.4 is 4.74 Å². The summed E-state index contributed by atoms with van der Waals surface area (Å²) in [6.07, 6.45) is -0.195. The maximum Gasteiger partial charge on any atom is 0.338 e. The first-order valence-electron chi connectivity index (χ1n) is 9.34. The molecule has 0 aliphatic carbocycles. The molecule has 0 saturated carbocycles. The van der Waals surface area contributed by atoms with E-state index >= 15 is 0 Å². The van der Waals surface area contributed by atoms with E-state index in [0.29, 0.717) is 11.1 Å². The van der Waals surface area contributed by atoms with Crippen molar-refractivity contribution in [1.29, 1.82) is 0 Å². The van der Waals surface area contributed by atoms with Gasteiger partial charge in [-0.3, -0.25) is 9.13 Å². The van der Waals surface area contributed by atoms with Crippen LogP contribution in [0.3, 0.4) is 0 Å². The van der Waals surface area contributed by atoms with Gasteiger partial charge in [0.15, 0.2) is 11.5 Å². The summed E-state index contributed by atoms with van der Waals surface area (Å²) < 4.78 is 53.9. The number of hydrogen-bond donors (Lipinski definition) is 1. The van der Waals surface area contributed by atoms with Gasteiger partial charge < -0.3 is 27.9 Å². The summed E-state index contributed by atoms with van der Waals surface area (Å²) in [6, 6.07) is 3.19. The maximum absolute atomic E-state index is 13.6. The summed E-state index contributed by atoms with van der Waals surface area (Å²) >= 11 is 0. The highest BCUT2D eigenvalue weighted by atomic mass is 31.2. The molecule has 1 aromatic carbocycles. The topological polar surface area (TPSA) is 101 Å². The minimum Gasteiger partial charge on any atom is -0.504 e. The summed E-state index contributed by atoms with van der Waals surface area (Å²) in [4.78, 5) is 0. The Hall–Kier alpha value is -0.880. The van der Waals surface area contributed by atoms with Gasteiger partial charge in [-0.15, -0.1) is 0 Å². The van der Waals surface area contributed by atoms with Crippen molar-refractivity contribution < 1.29 is 37.1 Å². The zero-order valence-corrected chi connectivity index (χ0v) is 19.3. The van der Waals surface area contributed by atoms with Crippen LogP contribution in [0.25, 0.3) is 0 Å². The first-order valence-corrected chi connectivity index (χ1v) is 12.7. The Morgan fingerprint density at radius 3 is 1.86 bits per heavy atom. The van der Waals surface area contributed by atoms with Gasteiger partial charge in [-0.25, -0.2) is 0 Å². The Kier molecular flexibility index (Phi) is 10.2. The fourth-order valence-corrected chi connectivity index (χ4v) is 7.61. The molecule has 1 aromatic rings. The van der Waals surface area contributed by atoms with Crippen LogP contribution in [-0.2, 0) is 27.2 Å². The molecule has 0 saturated heterocycles. The van der Waals surface area contributed by atoms with Gasteiger partial charge in [0, 0.05) is 0 Å². The SMILES string of the molecule is CCOP(=O)(CC(c1cc(C)c(O)c(OC)c1)P(=O)(OCC)OCC)OCC. The van der Waals surface area contributed by atoms with Crippen molar-refractivity contribution in [2.24, 2.45) is 0 Å². The van der Waals surface area contributed by atoms with Crippen molar-refractivity contribution >= 4 is 15.2 Å². The van der Waals surface area contributed by atoms with Crippen molar-refractivity contribution in [2.75, 3.05) is 39.7 Å². The largest absolute Gasteiger partial charge is 0.504 e. The minimum absolute atomic E-state index is 0.0227. The number of methoxy groups -OCH3 is 1. The lowest BCUT2D eigenvalue weighted by Crippen LogP contribution is -2.14. The summed E-state index contributed by atoms with van der Waals surface area (Å²) in [5, 5.41) is 10.2. The van der Waals surface area contributed by atoms with Crippen LogP contribution in [0, 0.1) is 6.92 Å². The molecule has 0 spiro atoms. The molecule has 10 heteroatoms. The third-order valence-corrected chi connectivity index (χ3v) is 8.82. The van der Waals surface area contributed by atoms with Crippen LogP contribution in [0.15, 0.2) is 12.1 Å². The molecule has 1 unspecified atom stereocenters. The Balaban J connectivity index is 3.57. The fraction of sp³-hybridized carbons (Fsp3) is 0.667. The molecule has 0 aliphatic rings. The van der Waals surface area contributed by atoms with E-state index in [-0.39, 0.29) is 44.1 Å². The second-order valence-electron chi connectivity index (χ2n) is 5.91. The number of phenols is 1. The maximum atomic E-state index is 13.6. The molecule has 162 valence electrons. The third-order valence-electron chi connectivity index (χ3n) is 3.94. The molecular formula is C18H32O8P2. The fourth-order valence-electron chi connectivity index (χ4n) is 2.84. The molecule has 1 rings (SSSR count). The molecule has 8 nitrogen and oxygen atoms in total. The van der Waals surface area contributed by atoms with Gasteiger partial charge in [0.2, 0.25) is 0 Å². The molecule has 1 atom stereocenters. The van der Waals surface area contributed by atoms with Gasteiger partial charge in [0.25, 0.3) is 0 Å². The zero-order chi connectivity index (χ0) is 21.4. The predicted molar refractivity (Wildman–Crippen MR) is 109 cm³/mol. The van der Waals surface area contributed by atoms with Crippen LogP contribution in [-0.4, -0.2) is 44.8 Å². The number of hydrogen-bond acceptors (Lipinski definition) is 8. The summed E-state index contributed by atoms with van der Waals surface area (Å²) in [7, 11) is -5.88. The molecule has 0 aromatic heterocycles. The number of rotatable bonds is 13. The molecule has 0 heterocycles. The second-order valence-corrected chi connectivity index (χ2v) is 10.2. The van der Waals surface area contributed by atoms with Crippen LogP contribution in [0.4, 0.5) is 0 Å². The monoisotopic (exact) mass is 438 g/mol. The van der Waals surface area contributed by atoms with Gasteiger partial charge >= 0.3 is 15.2 Å². The Labute approximate surface area is 167 Å². The highest BCUT2D eigenvalue weighted by molar-refractivity contribution is 7.58. The van der Waals surface area contributed by atoms with Gasteiger partial charge in [-0.2, -0.15) is 0 Å². The molecule has 0 fully saturated rings. The van der Waals surface area contributed by atoms with Gasteiger partial charge in [0.1, 0.15) is 0 Å². The van der Waals surface area contributed by atoms with E-state index < -0.39 is 20.9 Å². The van der Waals surface area contributed by atoms with Crippen molar-refractivity contribution in [2.45, 2.75) is 40.3 Å². The number of phenolic OH excluding ortho intramolecular Hbond substituents is 1. The van der Waals surface area contributed by atoms with E-state index in [1.165, 1.54) is 7.11 Å². The van der Waals surface area contributed by atoms with Crippen LogP contribution in [0.1, 0.15) is 44.5 Å². The average molecular weight is 438 g/mol. The standard InChI is InChI=1S/C18H32O8P2/c1-7-23-27(20,24-8-2)13-17(28(21,25-9-3)26-10-4)15-11-14(5)18(19)16(12-15)22-6/h11-12,17,19H,7-10,13H2,1-6H3. The molecular weight excluding hydrogens is 406 g/mol. The normalized spacial score (nSPS) is 13.5. The predicted octanol–water partition coefficient (Wildman–Crippen LogP) is 5.28. The molecule has 1 N–H and O–H groups in total. The average Bonchev–Trinajstić information content (AvgIpc) is 2.63. The minimum atomic E-state index is -3.73. The molecule has 0 bridgehead atoms. The molecule has 28 heavy (non-hydrogen) atoms. The molecule has 0 radical (unpaired) electrons. The summed E-state index contributed by atoms with van der Waals surface area (Å²) in [5.41, 5.74) is 0.0862. The highest BCUT2D eigenvalue weighted by Crippen LogP contribution is 2.67. The number of benzene rings is 1. The quantitative estimate of drug-likeness (QED) is 0.415. The number of aryl methyl sites for hydroxylation is 1. The van der Waals surface area contributed by atoms with Gasteiger partial charge in [-0.05, 0) is 51.8 Å². The Bertz CT molecular complexity index is 702. The van der Waals surface area contributed by atoms with E-state index in [1.807, 2.05) is 0 Å². The van der Waals surface area contributed by atoms with Crippen molar-refractivity contribution in [1.82, 2.24) is 0 Å². The van der Waals surface area contributed by atoms with Crippen molar-refractivity contribution in [3.05, 3.63) is 23.3 Å². The smallest absolute Gasteiger partial charge is 0.338 e. The lowest BCUT2D eigenvalue weighted by Gasteiger charge is -2.29. The Morgan fingerprint density at radius 1 is 0.929 bits per heavy atom. The lowest BCUT2D eigenvalue weighted by atomic mass is 10.1. The number of ether oxygens (including phenoxy) is 1. The van der Waals surface area contributed by atoms with E-state index in [4.69, 9.17) is 22.8 Å². The zero-order valence-electron chi connectivity index (χ0n) is 17.5. The van der Waals surface area contributed by atoms with Crippen molar-refractivity contribution in [3.63, 3.8) is 0 Å². The first kappa shape index (κ1) is 25.2. The summed E-state index contributed by atoms with van der Waals surface area (Å²) in [5.74, 6) is 0.188. The van der Waals surface area contributed by atoms with Gasteiger partial charge in [-0.1, -0.05) is 6.07 Å². The number of aromatic hydroxyl groups is 1. The third kappa shape index (κ3) is 6.31.